The molecule has 2 rings (SSSR count). The van der Waals surface area contributed by atoms with Crippen molar-refractivity contribution >= 4 is 0 Å². The zero-order chi connectivity index (χ0) is 9.26. The lowest BCUT2D eigenvalue weighted by atomic mass is 9.82. The van der Waals surface area contributed by atoms with Crippen LogP contribution in [0.2, 0.25) is 0 Å². The van der Waals surface area contributed by atoms with Gasteiger partial charge in [-0.3, -0.25) is 0 Å². The number of likely N-dealkylation sites (tertiary alicyclic amines) is 1. The zero-order valence-electron chi connectivity index (χ0n) is 8.75. The van der Waals surface area contributed by atoms with Gasteiger partial charge in [0.05, 0.1) is 6.61 Å². The largest absolute Gasteiger partial charge is 0.381 e. The molecule has 0 aliphatic carbocycles. The summed E-state index contributed by atoms with van der Waals surface area (Å²) < 4.78 is 5.43. The molecule has 2 saturated heterocycles. The molecule has 2 nitrogen and oxygen atoms in total. The first-order chi connectivity index (χ1) is 6.27. The van der Waals surface area contributed by atoms with Gasteiger partial charge in [-0.15, -0.1) is 0 Å². The molecular weight excluding hydrogens is 162 g/mol. The van der Waals surface area contributed by atoms with E-state index in [0.717, 1.165) is 25.0 Å². The smallest absolute Gasteiger partial charge is 0.0500 e. The lowest BCUT2D eigenvalue weighted by Crippen LogP contribution is -2.22. The first kappa shape index (κ1) is 9.47. The van der Waals surface area contributed by atoms with Gasteiger partial charge in [-0.25, -0.2) is 0 Å². The van der Waals surface area contributed by atoms with E-state index in [-0.39, 0.29) is 0 Å². The van der Waals surface area contributed by atoms with Crippen LogP contribution in [0.4, 0.5) is 0 Å². The van der Waals surface area contributed by atoms with Crippen molar-refractivity contribution in [2.45, 2.75) is 19.8 Å². The normalized spacial score (nSPS) is 36.2. The minimum Gasteiger partial charge on any atom is -0.381 e. The van der Waals surface area contributed by atoms with E-state index in [4.69, 9.17) is 4.74 Å². The van der Waals surface area contributed by atoms with Gasteiger partial charge in [-0.05, 0) is 44.2 Å². The first-order valence-electron chi connectivity index (χ1n) is 5.37. The molecule has 0 amide bonds. The van der Waals surface area contributed by atoms with Gasteiger partial charge in [0.15, 0.2) is 0 Å². The van der Waals surface area contributed by atoms with Gasteiger partial charge in [-0.2, -0.15) is 0 Å². The quantitative estimate of drug-likeness (QED) is 0.642. The van der Waals surface area contributed by atoms with Gasteiger partial charge < -0.3 is 9.64 Å². The minimum atomic E-state index is 0.761. The van der Waals surface area contributed by atoms with Gasteiger partial charge in [0, 0.05) is 13.2 Å². The molecule has 0 aromatic heterocycles. The third-order valence-electron chi connectivity index (χ3n) is 3.61. The predicted molar refractivity (Wildman–Crippen MR) is 53.4 cm³/mol. The summed E-state index contributed by atoms with van der Waals surface area (Å²) in [6.07, 6.45) is 2.62. The summed E-state index contributed by atoms with van der Waals surface area (Å²) in [6.45, 7) is 6.83. The predicted octanol–water partition coefficient (Wildman–Crippen LogP) is 1.57. The second kappa shape index (κ2) is 3.97. The van der Waals surface area contributed by atoms with Gasteiger partial charge >= 0.3 is 0 Å². The molecule has 0 saturated carbocycles. The average molecular weight is 182 g/mol. The summed E-state index contributed by atoms with van der Waals surface area (Å²) in [6, 6.07) is 0. The van der Waals surface area contributed by atoms with E-state index in [0.29, 0.717) is 0 Å². The molecule has 2 heterocycles. The van der Waals surface area contributed by atoms with Crippen molar-refractivity contribution in [2.24, 2.45) is 11.8 Å². The highest BCUT2D eigenvalue weighted by Gasteiger charge is 2.32. The standard InChI is InChI=1S/C11H20NO/c1-9(11-4-6-13-8-11)10-3-5-12(2)7-10/h10-11H,3-8H2,1-2H3. The Bertz CT molecular complexity index is 165. The van der Waals surface area contributed by atoms with E-state index in [1.807, 2.05) is 0 Å². The minimum absolute atomic E-state index is 0.761. The Morgan fingerprint density at radius 3 is 2.69 bits per heavy atom. The number of ether oxygens (including phenoxy) is 1. The maximum Gasteiger partial charge on any atom is 0.0500 e. The maximum atomic E-state index is 5.43. The fourth-order valence-electron chi connectivity index (χ4n) is 2.53. The number of hydrogen-bond donors (Lipinski definition) is 0. The molecule has 2 fully saturated rings. The van der Waals surface area contributed by atoms with Crippen molar-refractivity contribution in [3.8, 4) is 0 Å². The van der Waals surface area contributed by atoms with Crippen LogP contribution in [0.25, 0.3) is 0 Å². The summed E-state index contributed by atoms with van der Waals surface area (Å²) in [5.41, 5.74) is 0. The average Bonchev–Trinajstić information content (AvgIpc) is 2.72. The highest BCUT2D eigenvalue weighted by molar-refractivity contribution is 5.02. The lowest BCUT2D eigenvalue weighted by Gasteiger charge is -2.23. The van der Waals surface area contributed by atoms with Gasteiger partial charge in [0.25, 0.3) is 0 Å². The third-order valence-corrected chi connectivity index (χ3v) is 3.61. The fourth-order valence-corrected chi connectivity index (χ4v) is 2.53. The molecule has 0 aromatic carbocycles. The Morgan fingerprint density at radius 2 is 2.15 bits per heavy atom. The van der Waals surface area contributed by atoms with Gasteiger partial charge in [0.1, 0.15) is 0 Å². The number of nitrogens with zero attached hydrogens (tertiary/aromatic N) is 1. The van der Waals surface area contributed by atoms with Crippen LogP contribution in [0.5, 0.6) is 0 Å². The van der Waals surface area contributed by atoms with E-state index in [9.17, 15) is 0 Å². The highest BCUT2D eigenvalue weighted by Crippen LogP contribution is 2.34. The van der Waals surface area contributed by atoms with Crippen LogP contribution in [0.1, 0.15) is 19.8 Å². The van der Waals surface area contributed by atoms with Crippen LogP contribution in [0, 0.1) is 17.8 Å². The van der Waals surface area contributed by atoms with Gasteiger partial charge in [-0.1, -0.05) is 6.92 Å². The Morgan fingerprint density at radius 1 is 1.31 bits per heavy atom. The van der Waals surface area contributed by atoms with E-state index < -0.39 is 0 Å². The van der Waals surface area contributed by atoms with E-state index in [2.05, 4.69) is 18.9 Å². The highest BCUT2D eigenvalue weighted by atomic mass is 16.5. The molecule has 0 N–H and O–H groups in total. The lowest BCUT2D eigenvalue weighted by molar-refractivity contribution is 0.184. The molecule has 2 heteroatoms. The Hall–Kier alpha value is -0.0800. The maximum absolute atomic E-state index is 5.43. The monoisotopic (exact) mass is 182 g/mol. The van der Waals surface area contributed by atoms with E-state index in [1.54, 1.807) is 5.92 Å². The summed E-state index contributed by atoms with van der Waals surface area (Å²) in [5.74, 6) is 3.30. The van der Waals surface area contributed by atoms with Crippen LogP contribution < -0.4 is 0 Å². The molecule has 1 radical (unpaired) electrons. The second-order valence-corrected chi connectivity index (χ2v) is 4.55. The van der Waals surface area contributed by atoms with Crippen molar-refractivity contribution < 1.29 is 4.74 Å². The molecule has 2 unspecified atom stereocenters. The summed E-state index contributed by atoms with van der Waals surface area (Å²) >= 11 is 0. The fraction of sp³-hybridized carbons (Fsp3) is 0.909. The zero-order valence-corrected chi connectivity index (χ0v) is 8.75. The summed E-state index contributed by atoms with van der Waals surface area (Å²) in [4.78, 5) is 2.43. The molecule has 0 bridgehead atoms. The van der Waals surface area contributed by atoms with Crippen LogP contribution in [-0.2, 0) is 4.74 Å². The van der Waals surface area contributed by atoms with Crippen molar-refractivity contribution in [1.82, 2.24) is 4.90 Å². The SMILES string of the molecule is C[C](C1CCOC1)C1CCN(C)C1. The van der Waals surface area contributed by atoms with Crippen molar-refractivity contribution in [1.29, 1.82) is 0 Å². The first-order valence-corrected chi connectivity index (χ1v) is 5.37. The van der Waals surface area contributed by atoms with Crippen LogP contribution in [0.3, 0.4) is 0 Å². The Balaban J connectivity index is 1.85. The summed E-state index contributed by atoms with van der Waals surface area (Å²) in [5, 5.41) is 0. The molecule has 0 spiro atoms. The Labute approximate surface area is 81.3 Å². The Kier molecular flexibility index (Phi) is 2.89. The molecule has 75 valence electrons. The number of rotatable bonds is 2. The third kappa shape index (κ3) is 2.05. The van der Waals surface area contributed by atoms with Crippen molar-refractivity contribution in [2.75, 3.05) is 33.4 Å². The number of hydrogen-bond acceptors (Lipinski definition) is 2. The van der Waals surface area contributed by atoms with E-state index >= 15 is 0 Å². The molecule has 13 heavy (non-hydrogen) atoms. The molecule has 2 aliphatic rings. The van der Waals surface area contributed by atoms with Crippen molar-refractivity contribution in [3.05, 3.63) is 5.92 Å². The van der Waals surface area contributed by atoms with Crippen molar-refractivity contribution in [3.63, 3.8) is 0 Å². The van der Waals surface area contributed by atoms with Crippen LogP contribution in [0.15, 0.2) is 0 Å². The molecule has 0 aromatic rings. The van der Waals surface area contributed by atoms with E-state index in [1.165, 1.54) is 25.9 Å². The molecule has 2 aliphatic heterocycles. The van der Waals surface area contributed by atoms with Gasteiger partial charge in [0.2, 0.25) is 0 Å². The van der Waals surface area contributed by atoms with Crippen LogP contribution >= 0.6 is 0 Å². The molecular formula is C11H20NO. The topological polar surface area (TPSA) is 12.5 Å². The second-order valence-electron chi connectivity index (χ2n) is 4.55. The summed E-state index contributed by atoms with van der Waals surface area (Å²) in [7, 11) is 2.22. The van der Waals surface area contributed by atoms with Crippen LogP contribution in [-0.4, -0.2) is 38.3 Å². The molecule has 2 atom stereocenters.